The molecule has 0 aromatic heterocycles. The van der Waals surface area contributed by atoms with Crippen molar-refractivity contribution in [1.29, 1.82) is 0 Å². The van der Waals surface area contributed by atoms with E-state index in [-0.39, 0.29) is 6.04 Å². The molecule has 0 spiro atoms. The van der Waals surface area contributed by atoms with E-state index in [1.165, 1.54) is 0 Å². The summed E-state index contributed by atoms with van der Waals surface area (Å²) in [6.07, 6.45) is 1.58. The molecule has 0 amide bonds. The van der Waals surface area contributed by atoms with Gasteiger partial charge in [-0.15, -0.1) is 0 Å². The maximum Gasteiger partial charge on any atom is 0.128 e. The standard InChI is InChI=1S/C13H19NO3/c1-16-9-5-6-10(12(8-9)17-2)13(15)11-4-3-7-14-11/h5-6,8,11,13-15H,3-4,7H2,1-2H3/t11-,13?/m0/s1. The van der Waals surface area contributed by atoms with Gasteiger partial charge in [-0.1, -0.05) is 0 Å². The van der Waals surface area contributed by atoms with E-state index in [2.05, 4.69) is 5.32 Å². The van der Waals surface area contributed by atoms with E-state index in [0.29, 0.717) is 5.75 Å². The first kappa shape index (κ1) is 12.2. The van der Waals surface area contributed by atoms with Crippen LogP contribution < -0.4 is 14.8 Å². The Bertz CT molecular complexity index is 375. The van der Waals surface area contributed by atoms with E-state index < -0.39 is 6.10 Å². The molecule has 17 heavy (non-hydrogen) atoms. The molecule has 4 nitrogen and oxygen atoms in total. The zero-order valence-electron chi connectivity index (χ0n) is 10.3. The summed E-state index contributed by atoms with van der Waals surface area (Å²) >= 11 is 0. The molecule has 0 aliphatic carbocycles. The SMILES string of the molecule is COc1ccc(C(O)[C@@H]2CCCN2)c(OC)c1. The van der Waals surface area contributed by atoms with Crippen LogP contribution in [0.15, 0.2) is 18.2 Å². The van der Waals surface area contributed by atoms with Gasteiger partial charge in [-0.2, -0.15) is 0 Å². The van der Waals surface area contributed by atoms with Crippen molar-refractivity contribution in [1.82, 2.24) is 5.32 Å². The zero-order valence-corrected chi connectivity index (χ0v) is 10.3. The Morgan fingerprint density at radius 3 is 2.76 bits per heavy atom. The maximum absolute atomic E-state index is 10.3. The third kappa shape index (κ3) is 2.53. The lowest BCUT2D eigenvalue weighted by Crippen LogP contribution is -2.28. The number of rotatable bonds is 4. The van der Waals surface area contributed by atoms with Crippen LogP contribution >= 0.6 is 0 Å². The van der Waals surface area contributed by atoms with Crippen molar-refractivity contribution in [2.45, 2.75) is 25.0 Å². The second-order valence-corrected chi connectivity index (χ2v) is 4.26. The Morgan fingerprint density at radius 1 is 1.35 bits per heavy atom. The van der Waals surface area contributed by atoms with Crippen LogP contribution in [0.1, 0.15) is 24.5 Å². The highest BCUT2D eigenvalue weighted by Gasteiger charge is 2.26. The lowest BCUT2D eigenvalue weighted by Gasteiger charge is -2.21. The highest BCUT2D eigenvalue weighted by molar-refractivity contribution is 5.42. The minimum absolute atomic E-state index is 0.122. The van der Waals surface area contributed by atoms with Gasteiger partial charge >= 0.3 is 0 Å². The molecule has 1 aliphatic rings. The predicted octanol–water partition coefficient (Wildman–Crippen LogP) is 1.49. The van der Waals surface area contributed by atoms with Gasteiger partial charge in [0.25, 0.3) is 0 Å². The van der Waals surface area contributed by atoms with Crippen molar-refractivity contribution < 1.29 is 14.6 Å². The Hall–Kier alpha value is -1.26. The van der Waals surface area contributed by atoms with Crippen LogP contribution in [-0.4, -0.2) is 31.9 Å². The van der Waals surface area contributed by atoms with Crippen LogP contribution in [0.4, 0.5) is 0 Å². The zero-order chi connectivity index (χ0) is 12.3. The minimum atomic E-state index is -0.529. The van der Waals surface area contributed by atoms with Gasteiger partial charge < -0.3 is 19.9 Å². The number of nitrogens with one attached hydrogen (secondary N) is 1. The second-order valence-electron chi connectivity index (χ2n) is 4.26. The Morgan fingerprint density at radius 2 is 2.18 bits per heavy atom. The number of hydrogen-bond donors (Lipinski definition) is 2. The monoisotopic (exact) mass is 237 g/mol. The van der Waals surface area contributed by atoms with Gasteiger partial charge in [-0.25, -0.2) is 0 Å². The lowest BCUT2D eigenvalue weighted by atomic mass is 10.00. The third-order valence-electron chi connectivity index (χ3n) is 3.24. The lowest BCUT2D eigenvalue weighted by molar-refractivity contribution is 0.134. The number of hydrogen-bond acceptors (Lipinski definition) is 4. The van der Waals surface area contributed by atoms with E-state index in [4.69, 9.17) is 9.47 Å². The smallest absolute Gasteiger partial charge is 0.128 e. The third-order valence-corrected chi connectivity index (χ3v) is 3.24. The summed E-state index contributed by atoms with van der Waals surface area (Å²) in [5.41, 5.74) is 0.813. The first-order chi connectivity index (χ1) is 8.26. The quantitative estimate of drug-likeness (QED) is 0.833. The van der Waals surface area contributed by atoms with E-state index in [9.17, 15) is 5.11 Å². The van der Waals surface area contributed by atoms with Crippen LogP contribution in [-0.2, 0) is 0 Å². The Balaban J connectivity index is 2.23. The second kappa shape index (κ2) is 5.38. The maximum atomic E-state index is 10.3. The average molecular weight is 237 g/mol. The van der Waals surface area contributed by atoms with Gasteiger partial charge in [0.2, 0.25) is 0 Å². The molecule has 1 aromatic carbocycles. The van der Waals surface area contributed by atoms with Crippen LogP contribution in [0.25, 0.3) is 0 Å². The van der Waals surface area contributed by atoms with E-state index in [1.807, 2.05) is 12.1 Å². The number of methoxy groups -OCH3 is 2. The van der Waals surface area contributed by atoms with Crippen LogP contribution in [0, 0.1) is 0 Å². The summed E-state index contributed by atoms with van der Waals surface area (Å²) in [5.74, 6) is 1.41. The molecule has 2 atom stereocenters. The summed E-state index contributed by atoms with van der Waals surface area (Å²) in [7, 11) is 3.22. The molecule has 0 radical (unpaired) electrons. The summed E-state index contributed by atoms with van der Waals surface area (Å²) in [6.45, 7) is 0.972. The molecule has 1 aliphatic heterocycles. The normalized spacial score (nSPS) is 21.2. The molecule has 1 fully saturated rings. The fraction of sp³-hybridized carbons (Fsp3) is 0.538. The van der Waals surface area contributed by atoms with Crippen molar-refractivity contribution in [2.75, 3.05) is 20.8 Å². The van der Waals surface area contributed by atoms with Crippen molar-refractivity contribution in [2.24, 2.45) is 0 Å². The van der Waals surface area contributed by atoms with Crippen molar-refractivity contribution in [3.63, 3.8) is 0 Å². The summed E-state index contributed by atoms with van der Waals surface area (Å²) < 4.78 is 10.4. The number of benzene rings is 1. The number of ether oxygens (including phenoxy) is 2. The van der Waals surface area contributed by atoms with Gasteiger partial charge in [0.15, 0.2) is 0 Å². The minimum Gasteiger partial charge on any atom is -0.497 e. The fourth-order valence-electron chi connectivity index (χ4n) is 2.26. The number of aliphatic hydroxyl groups is 1. The molecular formula is C13H19NO3. The van der Waals surface area contributed by atoms with Gasteiger partial charge in [0.1, 0.15) is 11.5 Å². The summed E-state index contributed by atoms with van der Waals surface area (Å²) in [6, 6.07) is 5.63. The molecule has 1 aromatic rings. The topological polar surface area (TPSA) is 50.7 Å². The van der Waals surface area contributed by atoms with Crippen molar-refractivity contribution >= 4 is 0 Å². The van der Waals surface area contributed by atoms with Gasteiger partial charge in [-0.05, 0) is 31.5 Å². The molecule has 1 unspecified atom stereocenters. The average Bonchev–Trinajstić information content (AvgIpc) is 2.91. The fourth-order valence-corrected chi connectivity index (χ4v) is 2.26. The predicted molar refractivity (Wildman–Crippen MR) is 65.5 cm³/mol. The van der Waals surface area contributed by atoms with Gasteiger partial charge in [-0.3, -0.25) is 0 Å². The molecule has 2 rings (SSSR count). The van der Waals surface area contributed by atoms with Gasteiger partial charge in [0, 0.05) is 17.7 Å². The molecule has 0 saturated carbocycles. The van der Waals surface area contributed by atoms with Crippen LogP contribution in [0.3, 0.4) is 0 Å². The van der Waals surface area contributed by atoms with Crippen LogP contribution in [0.5, 0.6) is 11.5 Å². The van der Waals surface area contributed by atoms with E-state index in [1.54, 1.807) is 20.3 Å². The first-order valence-corrected chi connectivity index (χ1v) is 5.89. The number of aliphatic hydroxyl groups excluding tert-OH is 1. The first-order valence-electron chi connectivity index (χ1n) is 5.89. The largest absolute Gasteiger partial charge is 0.497 e. The molecule has 1 saturated heterocycles. The van der Waals surface area contributed by atoms with Gasteiger partial charge in [0.05, 0.1) is 20.3 Å². The Kier molecular flexibility index (Phi) is 3.86. The summed E-state index contributed by atoms with van der Waals surface area (Å²) in [4.78, 5) is 0. The van der Waals surface area contributed by atoms with Crippen molar-refractivity contribution in [3.05, 3.63) is 23.8 Å². The molecular weight excluding hydrogens is 218 g/mol. The van der Waals surface area contributed by atoms with Crippen LogP contribution in [0.2, 0.25) is 0 Å². The van der Waals surface area contributed by atoms with E-state index in [0.717, 1.165) is 30.7 Å². The molecule has 0 bridgehead atoms. The molecule has 94 valence electrons. The highest BCUT2D eigenvalue weighted by Crippen LogP contribution is 2.32. The Labute approximate surface area is 102 Å². The summed E-state index contributed by atoms with van der Waals surface area (Å²) in [5, 5.41) is 13.6. The molecule has 1 heterocycles. The molecule has 2 N–H and O–H groups in total. The van der Waals surface area contributed by atoms with E-state index >= 15 is 0 Å². The highest BCUT2D eigenvalue weighted by atomic mass is 16.5. The molecule has 4 heteroatoms. The van der Waals surface area contributed by atoms with Crippen molar-refractivity contribution in [3.8, 4) is 11.5 Å².